The van der Waals surface area contributed by atoms with Crippen LogP contribution in [0, 0.1) is 20.2 Å². The van der Waals surface area contributed by atoms with Crippen LogP contribution in [0.1, 0.15) is 15.9 Å². The summed E-state index contributed by atoms with van der Waals surface area (Å²) in [6.45, 7) is 0. The third-order valence-corrected chi connectivity index (χ3v) is 4.28. The molecule has 0 heterocycles. The van der Waals surface area contributed by atoms with E-state index in [4.69, 9.17) is 4.74 Å². The predicted molar refractivity (Wildman–Crippen MR) is 116 cm³/mol. The number of nitrogens with one attached hydrogen (secondary N) is 1. The Morgan fingerprint density at radius 3 is 2.15 bits per heavy atom. The van der Waals surface area contributed by atoms with Crippen LogP contribution in [0.3, 0.4) is 0 Å². The van der Waals surface area contributed by atoms with Crippen LogP contribution in [-0.4, -0.2) is 26.8 Å². The second-order valence-corrected chi connectivity index (χ2v) is 6.52. The highest BCUT2D eigenvalue weighted by Crippen LogP contribution is 2.34. The number of rotatable bonds is 8. The number of carboxylic acid groups (broad SMARTS) is 1. The Morgan fingerprint density at radius 2 is 1.58 bits per heavy atom. The Kier molecular flexibility index (Phi) is 6.74. The standard InChI is InChI=1S/C22H15N3O8/c26-21(15-4-2-1-3-5-15)23-18(22(27)28)12-14-6-9-17(10-7-14)33-20-11-8-16(24(29)30)13-19(20)25(31)32/h1-13H,(H,23,26)(H,27,28). The molecule has 33 heavy (non-hydrogen) atoms. The fourth-order valence-corrected chi connectivity index (χ4v) is 2.71. The van der Waals surface area contributed by atoms with Crippen molar-refractivity contribution >= 4 is 29.3 Å². The number of ether oxygens (including phenoxy) is 1. The minimum atomic E-state index is -1.35. The van der Waals surface area contributed by atoms with E-state index in [2.05, 4.69) is 5.32 Å². The Morgan fingerprint density at radius 1 is 0.909 bits per heavy atom. The first-order chi connectivity index (χ1) is 15.7. The lowest BCUT2D eigenvalue weighted by Crippen LogP contribution is -2.27. The number of hydrogen-bond donors (Lipinski definition) is 2. The first-order valence-electron chi connectivity index (χ1n) is 9.27. The monoisotopic (exact) mass is 449 g/mol. The third-order valence-electron chi connectivity index (χ3n) is 4.28. The number of benzene rings is 3. The van der Waals surface area contributed by atoms with Gasteiger partial charge in [-0.25, -0.2) is 4.79 Å². The Balaban J connectivity index is 1.79. The molecule has 0 saturated heterocycles. The van der Waals surface area contributed by atoms with E-state index in [1.807, 2.05) is 0 Å². The quantitative estimate of drug-likeness (QED) is 0.294. The smallest absolute Gasteiger partial charge is 0.352 e. The first kappa shape index (κ1) is 22.6. The molecule has 3 aromatic carbocycles. The van der Waals surface area contributed by atoms with E-state index in [9.17, 15) is 34.9 Å². The second kappa shape index (κ2) is 9.83. The zero-order chi connectivity index (χ0) is 24.0. The lowest BCUT2D eigenvalue weighted by atomic mass is 10.1. The van der Waals surface area contributed by atoms with Crippen LogP contribution < -0.4 is 10.1 Å². The fourth-order valence-electron chi connectivity index (χ4n) is 2.71. The molecule has 0 bridgehead atoms. The maximum absolute atomic E-state index is 12.2. The van der Waals surface area contributed by atoms with Crippen molar-refractivity contribution in [3.05, 3.63) is 110 Å². The van der Waals surface area contributed by atoms with Crippen molar-refractivity contribution in [1.29, 1.82) is 0 Å². The molecule has 11 nitrogen and oxygen atoms in total. The number of carbonyl (C=O) groups is 2. The normalized spacial score (nSPS) is 10.8. The molecule has 0 radical (unpaired) electrons. The van der Waals surface area contributed by atoms with Gasteiger partial charge in [0.05, 0.1) is 15.9 Å². The Labute approximate surface area is 185 Å². The SMILES string of the molecule is O=C(O)C(=Cc1ccc(Oc2ccc([N+](=O)[O-])cc2[N+](=O)[O-])cc1)NC(=O)c1ccccc1. The van der Waals surface area contributed by atoms with E-state index in [0.29, 0.717) is 5.56 Å². The van der Waals surface area contributed by atoms with E-state index in [1.165, 1.54) is 30.3 Å². The van der Waals surface area contributed by atoms with Gasteiger partial charge >= 0.3 is 11.7 Å². The van der Waals surface area contributed by atoms with Gasteiger partial charge in [0.15, 0.2) is 0 Å². The number of amides is 1. The van der Waals surface area contributed by atoms with Gasteiger partial charge in [-0.05, 0) is 42.0 Å². The summed E-state index contributed by atoms with van der Waals surface area (Å²) >= 11 is 0. The van der Waals surface area contributed by atoms with Gasteiger partial charge in [0.1, 0.15) is 11.4 Å². The molecular formula is C22H15N3O8. The lowest BCUT2D eigenvalue weighted by molar-refractivity contribution is -0.394. The molecule has 0 fully saturated rings. The second-order valence-electron chi connectivity index (χ2n) is 6.52. The maximum Gasteiger partial charge on any atom is 0.352 e. The van der Waals surface area contributed by atoms with E-state index < -0.39 is 33.1 Å². The van der Waals surface area contributed by atoms with Crippen molar-refractivity contribution in [2.45, 2.75) is 0 Å². The highest BCUT2D eigenvalue weighted by Gasteiger charge is 2.21. The number of non-ortho nitro benzene ring substituents is 1. The summed E-state index contributed by atoms with van der Waals surface area (Å²) in [5.74, 6) is -1.96. The molecule has 1 amide bonds. The average molecular weight is 449 g/mol. The van der Waals surface area contributed by atoms with Gasteiger partial charge in [-0.2, -0.15) is 0 Å². The van der Waals surface area contributed by atoms with Gasteiger partial charge in [-0.1, -0.05) is 30.3 Å². The molecule has 0 aliphatic carbocycles. The van der Waals surface area contributed by atoms with Crippen LogP contribution in [0.25, 0.3) is 6.08 Å². The summed E-state index contributed by atoms with van der Waals surface area (Å²) in [6, 6.07) is 16.9. The van der Waals surface area contributed by atoms with Crippen molar-refractivity contribution in [1.82, 2.24) is 5.32 Å². The molecule has 0 unspecified atom stereocenters. The number of hydrogen-bond acceptors (Lipinski definition) is 7. The number of nitro groups is 2. The van der Waals surface area contributed by atoms with Crippen molar-refractivity contribution in [2.24, 2.45) is 0 Å². The third kappa shape index (κ3) is 5.76. The molecule has 11 heteroatoms. The number of carboxylic acids is 1. The van der Waals surface area contributed by atoms with Crippen molar-refractivity contribution < 1.29 is 29.3 Å². The molecule has 2 N–H and O–H groups in total. The summed E-state index contributed by atoms with van der Waals surface area (Å²) < 4.78 is 5.46. The molecule has 3 rings (SSSR count). The molecule has 0 atom stereocenters. The van der Waals surface area contributed by atoms with Crippen LogP contribution in [0.4, 0.5) is 11.4 Å². The zero-order valence-electron chi connectivity index (χ0n) is 16.7. The maximum atomic E-state index is 12.2. The largest absolute Gasteiger partial charge is 0.477 e. The van der Waals surface area contributed by atoms with Gasteiger partial charge in [-0.15, -0.1) is 0 Å². The fraction of sp³-hybridized carbons (Fsp3) is 0. The van der Waals surface area contributed by atoms with E-state index in [1.54, 1.807) is 30.3 Å². The molecule has 166 valence electrons. The van der Waals surface area contributed by atoms with Crippen molar-refractivity contribution in [3.63, 3.8) is 0 Å². The summed E-state index contributed by atoms with van der Waals surface area (Å²) in [7, 11) is 0. The van der Waals surface area contributed by atoms with Gasteiger partial charge in [0.25, 0.3) is 11.6 Å². The van der Waals surface area contributed by atoms with Crippen LogP contribution in [0.15, 0.2) is 78.5 Å². The minimum absolute atomic E-state index is 0.175. The van der Waals surface area contributed by atoms with E-state index in [-0.39, 0.29) is 22.8 Å². The topological polar surface area (TPSA) is 162 Å². The molecule has 0 aromatic heterocycles. The predicted octanol–water partition coefficient (Wildman–Crippen LogP) is 4.15. The molecule has 3 aromatic rings. The van der Waals surface area contributed by atoms with Crippen LogP contribution in [-0.2, 0) is 4.79 Å². The van der Waals surface area contributed by atoms with Crippen molar-refractivity contribution in [3.8, 4) is 11.5 Å². The number of nitrogens with zero attached hydrogens (tertiary/aromatic N) is 2. The zero-order valence-corrected chi connectivity index (χ0v) is 16.7. The van der Waals surface area contributed by atoms with Gasteiger partial charge in [0.2, 0.25) is 5.75 Å². The van der Waals surface area contributed by atoms with Gasteiger partial charge in [-0.3, -0.25) is 25.0 Å². The molecule has 0 aliphatic rings. The first-order valence-corrected chi connectivity index (χ1v) is 9.27. The van der Waals surface area contributed by atoms with Gasteiger partial charge in [0, 0.05) is 11.6 Å². The summed E-state index contributed by atoms with van der Waals surface area (Å²) in [4.78, 5) is 44.3. The molecule has 0 spiro atoms. The number of nitro benzene ring substituents is 2. The van der Waals surface area contributed by atoms with Crippen LogP contribution in [0.2, 0.25) is 0 Å². The Bertz CT molecular complexity index is 1250. The lowest BCUT2D eigenvalue weighted by Gasteiger charge is -2.08. The van der Waals surface area contributed by atoms with E-state index in [0.717, 1.165) is 18.2 Å². The van der Waals surface area contributed by atoms with Crippen LogP contribution in [0.5, 0.6) is 11.5 Å². The molecule has 0 aliphatic heterocycles. The summed E-state index contributed by atoms with van der Waals surface area (Å²) in [6.07, 6.45) is 1.24. The van der Waals surface area contributed by atoms with E-state index >= 15 is 0 Å². The average Bonchev–Trinajstić information content (AvgIpc) is 2.80. The highest BCUT2D eigenvalue weighted by molar-refractivity contribution is 6.02. The van der Waals surface area contributed by atoms with Crippen LogP contribution >= 0.6 is 0 Å². The van der Waals surface area contributed by atoms with Gasteiger partial charge < -0.3 is 15.2 Å². The molecular weight excluding hydrogens is 434 g/mol. The number of aliphatic carboxylic acids is 1. The minimum Gasteiger partial charge on any atom is -0.477 e. The Hall–Kier alpha value is -5.06. The highest BCUT2D eigenvalue weighted by atomic mass is 16.6. The number of carbonyl (C=O) groups excluding carboxylic acids is 1. The molecule has 0 saturated carbocycles. The van der Waals surface area contributed by atoms with Crippen molar-refractivity contribution in [2.75, 3.05) is 0 Å². The summed E-state index contributed by atoms with van der Waals surface area (Å²) in [5.41, 5.74) is -0.689. The summed E-state index contributed by atoms with van der Waals surface area (Å²) in [5, 5.41) is 33.8.